The second-order valence-corrected chi connectivity index (χ2v) is 6.48. The molecule has 0 unspecified atom stereocenters. The Hall–Kier alpha value is -0.650. The largest absolute Gasteiger partial charge is 0.394 e. The minimum atomic E-state index is -0.00827. The van der Waals surface area contributed by atoms with Gasteiger partial charge in [-0.25, -0.2) is 0 Å². The lowest BCUT2D eigenvalue weighted by Crippen LogP contribution is -2.36. The number of amides is 1. The van der Waals surface area contributed by atoms with Crippen molar-refractivity contribution in [3.8, 4) is 0 Å². The summed E-state index contributed by atoms with van der Waals surface area (Å²) in [4.78, 5) is 14.7. The Kier molecular flexibility index (Phi) is 4.36. The number of aliphatic hydroxyl groups excluding tert-OH is 1. The van der Waals surface area contributed by atoms with E-state index in [4.69, 9.17) is 5.11 Å². The number of hydrogen-bond acceptors (Lipinski definition) is 3. The average Bonchev–Trinajstić information content (AvgIpc) is 2.94. The van der Waals surface area contributed by atoms with Crippen LogP contribution < -0.4 is 0 Å². The van der Waals surface area contributed by atoms with Crippen LogP contribution >= 0.6 is 27.3 Å². The summed E-state index contributed by atoms with van der Waals surface area (Å²) in [7, 11) is 0. The molecular weight excluding hydrogens is 302 g/mol. The maximum atomic E-state index is 11.9. The first-order valence-corrected chi connectivity index (χ1v) is 7.16. The van der Waals surface area contributed by atoms with Gasteiger partial charge in [0.2, 0.25) is 5.91 Å². The van der Waals surface area contributed by atoms with Crippen molar-refractivity contribution in [1.29, 1.82) is 0 Å². The second kappa shape index (κ2) is 5.80. The van der Waals surface area contributed by atoms with Gasteiger partial charge in [-0.15, -0.1) is 11.3 Å². The van der Waals surface area contributed by atoms with Crippen LogP contribution in [0, 0.1) is 0 Å². The summed E-state index contributed by atoms with van der Waals surface area (Å²) in [6.45, 7) is 0.812. The van der Waals surface area contributed by atoms with Crippen LogP contribution in [0.15, 0.2) is 22.0 Å². The maximum absolute atomic E-state index is 11.9. The first-order valence-electron chi connectivity index (χ1n) is 5.55. The number of likely N-dealkylation sites (tertiary alicyclic amines) is 1. The number of aliphatic hydroxyl groups is 1. The van der Waals surface area contributed by atoms with Crippen LogP contribution in [-0.2, 0) is 4.79 Å². The Labute approximate surface area is 113 Å². The van der Waals surface area contributed by atoms with Crippen molar-refractivity contribution in [2.75, 3.05) is 13.2 Å². The Morgan fingerprint density at radius 2 is 2.47 bits per heavy atom. The predicted octanol–water partition coefficient (Wildman–Crippen LogP) is 2.51. The number of hydrogen-bond donors (Lipinski definition) is 1. The summed E-state index contributed by atoms with van der Waals surface area (Å²) in [6.07, 6.45) is 5.30. The number of thiophene rings is 1. The molecule has 1 N–H and O–H groups in total. The number of nitrogens with zero attached hydrogens (tertiary/aromatic N) is 1. The lowest BCUT2D eigenvalue weighted by Gasteiger charge is -2.21. The molecule has 92 valence electrons. The molecule has 0 spiro atoms. The van der Waals surface area contributed by atoms with Crippen LogP contribution in [-0.4, -0.2) is 35.1 Å². The van der Waals surface area contributed by atoms with Crippen LogP contribution in [0.5, 0.6) is 0 Å². The molecule has 5 heteroatoms. The first-order chi connectivity index (χ1) is 8.20. The Morgan fingerprint density at radius 1 is 1.65 bits per heavy atom. The molecule has 2 rings (SSSR count). The molecule has 1 aliphatic heterocycles. The van der Waals surface area contributed by atoms with E-state index in [2.05, 4.69) is 15.9 Å². The molecule has 0 aliphatic carbocycles. The number of carbonyl (C=O) groups excluding carboxylic acids is 1. The minimum Gasteiger partial charge on any atom is -0.394 e. The van der Waals surface area contributed by atoms with Gasteiger partial charge in [-0.2, -0.15) is 0 Å². The van der Waals surface area contributed by atoms with Gasteiger partial charge in [0.1, 0.15) is 0 Å². The average molecular weight is 316 g/mol. The molecule has 0 saturated carbocycles. The van der Waals surface area contributed by atoms with Gasteiger partial charge in [-0.05, 0) is 47.0 Å². The van der Waals surface area contributed by atoms with E-state index in [9.17, 15) is 4.79 Å². The molecule has 17 heavy (non-hydrogen) atoms. The van der Waals surface area contributed by atoms with Crippen molar-refractivity contribution in [3.05, 3.63) is 26.9 Å². The maximum Gasteiger partial charge on any atom is 0.246 e. The van der Waals surface area contributed by atoms with E-state index in [1.54, 1.807) is 22.3 Å². The summed E-state index contributed by atoms with van der Waals surface area (Å²) in [5.41, 5.74) is 0. The first kappa shape index (κ1) is 12.8. The van der Waals surface area contributed by atoms with E-state index in [1.807, 2.05) is 18.2 Å². The van der Waals surface area contributed by atoms with E-state index in [1.165, 1.54) is 0 Å². The summed E-state index contributed by atoms with van der Waals surface area (Å²) in [5, 5.41) is 9.15. The molecule has 0 radical (unpaired) electrons. The van der Waals surface area contributed by atoms with Crippen LogP contribution in [0.1, 0.15) is 17.7 Å². The van der Waals surface area contributed by atoms with Gasteiger partial charge in [-0.3, -0.25) is 4.79 Å². The third-order valence-electron chi connectivity index (χ3n) is 2.86. The molecule has 1 amide bonds. The molecule has 1 aromatic rings. The zero-order chi connectivity index (χ0) is 12.3. The molecule has 0 aromatic carbocycles. The third kappa shape index (κ3) is 3.18. The summed E-state index contributed by atoms with van der Waals surface area (Å²) < 4.78 is 1.05. The smallest absolute Gasteiger partial charge is 0.246 e. The van der Waals surface area contributed by atoms with Crippen LogP contribution in [0.3, 0.4) is 0 Å². The molecule has 3 nitrogen and oxygen atoms in total. The molecule has 1 aliphatic rings. The quantitative estimate of drug-likeness (QED) is 0.871. The lowest BCUT2D eigenvalue weighted by molar-refractivity contribution is -0.127. The summed E-state index contributed by atoms with van der Waals surface area (Å²) in [6, 6.07) is 3.93. The van der Waals surface area contributed by atoms with Crippen molar-refractivity contribution >= 4 is 39.2 Å². The monoisotopic (exact) mass is 315 g/mol. The fourth-order valence-corrected chi connectivity index (χ4v) is 3.31. The van der Waals surface area contributed by atoms with Crippen molar-refractivity contribution in [2.45, 2.75) is 18.9 Å². The van der Waals surface area contributed by atoms with E-state index in [0.29, 0.717) is 0 Å². The van der Waals surface area contributed by atoms with Gasteiger partial charge in [0.15, 0.2) is 0 Å². The Bertz CT molecular complexity index is 430. The molecule has 1 aromatic heterocycles. The van der Waals surface area contributed by atoms with Gasteiger partial charge in [0.05, 0.1) is 16.4 Å². The van der Waals surface area contributed by atoms with Gasteiger partial charge in [0, 0.05) is 17.5 Å². The number of rotatable bonds is 3. The summed E-state index contributed by atoms with van der Waals surface area (Å²) in [5.74, 6) is -0.00827. The molecule has 1 fully saturated rings. The lowest BCUT2D eigenvalue weighted by atomic mass is 10.2. The predicted molar refractivity (Wildman–Crippen MR) is 72.9 cm³/mol. The van der Waals surface area contributed by atoms with Crippen LogP contribution in [0.4, 0.5) is 0 Å². The van der Waals surface area contributed by atoms with E-state index >= 15 is 0 Å². The third-order valence-corrected chi connectivity index (χ3v) is 4.44. The molecular formula is C12H14BrNO2S. The Balaban J connectivity index is 1.99. The highest BCUT2D eigenvalue weighted by Crippen LogP contribution is 2.23. The van der Waals surface area contributed by atoms with Crippen molar-refractivity contribution in [2.24, 2.45) is 0 Å². The standard InChI is InChI=1S/C12H14BrNO2S/c13-11-5-3-10(17-11)4-6-12(16)14-7-1-2-9(14)8-15/h3-6,9,15H,1-2,7-8H2/t9-/m1/s1. The zero-order valence-electron chi connectivity index (χ0n) is 9.30. The number of carbonyl (C=O) groups is 1. The minimum absolute atomic E-state index is 0.00206. The van der Waals surface area contributed by atoms with Crippen molar-refractivity contribution in [1.82, 2.24) is 4.90 Å². The zero-order valence-corrected chi connectivity index (χ0v) is 11.7. The molecule has 2 heterocycles. The van der Waals surface area contributed by atoms with Crippen molar-refractivity contribution in [3.63, 3.8) is 0 Å². The van der Waals surface area contributed by atoms with Gasteiger partial charge >= 0.3 is 0 Å². The fourth-order valence-electron chi connectivity index (χ4n) is 1.98. The SMILES string of the molecule is O=C(C=Cc1ccc(Br)s1)N1CCC[C@@H]1CO. The highest BCUT2D eigenvalue weighted by atomic mass is 79.9. The van der Waals surface area contributed by atoms with E-state index in [0.717, 1.165) is 28.0 Å². The number of halogens is 1. The molecule has 0 bridgehead atoms. The highest BCUT2D eigenvalue weighted by molar-refractivity contribution is 9.11. The topological polar surface area (TPSA) is 40.5 Å². The van der Waals surface area contributed by atoms with E-state index < -0.39 is 0 Å². The fraction of sp³-hybridized carbons (Fsp3) is 0.417. The Morgan fingerprint density at radius 3 is 3.12 bits per heavy atom. The summed E-state index contributed by atoms with van der Waals surface area (Å²) >= 11 is 4.97. The second-order valence-electron chi connectivity index (χ2n) is 3.99. The molecule has 1 atom stereocenters. The van der Waals surface area contributed by atoms with Gasteiger partial charge < -0.3 is 10.0 Å². The van der Waals surface area contributed by atoms with Crippen LogP contribution in [0.25, 0.3) is 6.08 Å². The van der Waals surface area contributed by atoms with E-state index in [-0.39, 0.29) is 18.6 Å². The highest BCUT2D eigenvalue weighted by Gasteiger charge is 2.26. The molecule has 1 saturated heterocycles. The normalized spacial score (nSPS) is 20.4. The van der Waals surface area contributed by atoms with Gasteiger partial charge in [-0.1, -0.05) is 0 Å². The van der Waals surface area contributed by atoms with Crippen molar-refractivity contribution < 1.29 is 9.90 Å². The van der Waals surface area contributed by atoms with Gasteiger partial charge in [0.25, 0.3) is 0 Å². The van der Waals surface area contributed by atoms with Crippen LogP contribution in [0.2, 0.25) is 0 Å².